The molecule has 142 valence electrons. The number of rotatable bonds is 7. The van der Waals surface area contributed by atoms with Gasteiger partial charge in [-0.1, -0.05) is 6.58 Å². The largest absolute Gasteiger partial charge is 0.481 e. The first-order chi connectivity index (χ1) is 12.9. The van der Waals surface area contributed by atoms with Gasteiger partial charge >= 0.3 is 5.97 Å². The standard InChI is InChI=1S/C19H22N4O4/c1-11-9-14-15(10-12(11)2)23(6-8-27-7-4-5-16(24)25)18-17(22-14)19(26)21-13(3)20-18/h9-10H,3-8H2,1-2H3,(H,21,26)(H,24,25). The molecule has 1 aromatic carbocycles. The van der Waals surface area contributed by atoms with Gasteiger partial charge in [-0.15, -0.1) is 0 Å². The van der Waals surface area contributed by atoms with Crippen molar-refractivity contribution in [3.8, 4) is 0 Å². The molecule has 27 heavy (non-hydrogen) atoms. The number of aromatic nitrogens is 2. The van der Waals surface area contributed by atoms with Crippen LogP contribution in [-0.4, -0.2) is 40.8 Å². The Labute approximate surface area is 155 Å². The summed E-state index contributed by atoms with van der Waals surface area (Å²) < 4.78 is 5.57. The highest BCUT2D eigenvalue weighted by Gasteiger charge is 2.23. The minimum atomic E-state index is -0.837. The average molecular weight is 370 g/mol. The highest BCUT2D eigenvalue weighted by atomic mass is 16.5. The lowest BCUT2D eigenvalue weighted by Gasteiger charge is -2.28. The Hall–Kier alpha value is -3.00. The van der Waals surface area contributed by atoms with Crippen molar-refractivity contribution >= 4 is 29.7 Å². The minimum Gasteiger partial charge on any atom is -0.481 e. The Morgan fingerprint density at radius 1 is 1.30 bits per heavy atom. The van der Waals surface area contributed by atoms with E-state index in [1.807, 2.05) is 30.9 Å². The van der Waals surface area contributed by atoms with Crippen molar-refractivity contribution in [1.29, 1.82) is 0 Å². The van der Waals surface area contributed by atoms with E-state index in [0.29, 0.717) is 37.7 Å². The Balaban J connectivity index is 1.90. The third-order valence-corrected chi connectivity index (χ3v) is 4.43. The van der Waals surface area contributed by atoms with Gasteiger partial charge < -0.3 is 19.7 Å². The number of aliphatic carboxylic acids is 1. The smallest absolute Gasteiger partial charge is 0.303 e. The number of carboxylic acids is 1. The summed E-state index contributed by atoms with van der Waals surface area (Å²) >= 11 is 0. The molecule has 8 nitrogen and oxygen atoms in total. The lowest BCUT2D eigenvalue weighted by atomic mass is 10.1. The number of carbonyl (C=O) groups is 1. The molecule has 0 saturated carbocycles. The molecule has 0 aliphatic carbocycles. The lowest BCUT2D eigenvalue weighted by molar-refractivity contribution is -0.137. The van der Waals surface area contributed by atoms with Crippen LogP contribution in [0.4, 0.5) is 17.2 Å². The van der Waals surface area contributed by atoms with E-state index in [-0.39, 0.29) is 22.8 Å². The molecule has 2 N–H and O–H groups in total. The number of ether oxygens (including phenoxy) is 1. The molecule has 0 bridgehead atoms. The Morgan fingerprint density at radius 2 is 2.04 bits per heavy atom. The number of benzene rings is 1. The molecule has 2 aromatic rings. The molecule has 0 atom stereocenters. The van der Waals surface area contributed by atoms with Crippen LogP contribution in [0.1, 0.15) is 24.0 Å². The van der Waals surface area contributed by atoms with E-state index in [2.05, 4.69) is 21.5 Å². The van der Waals surface area contributed by atoms with Crippen LogP contribution in [0.5, 0.6) is 0 Å². The van der Waals surface area contributed by atoms with Crippen LogP contribution < -0.4 is 21.3 Å². The van der Waals surface area contributed by atoms with E-state index in [4.69, 9.17) is 9.84 Å². The van der Waals surface area contributed by atoms with Crippen molar-refractivity contribution in [2.45, 2.75) is 26.7 Å². The van der Waals surface area contributed by atoms with E-state index < -0.39 is 5.97 Å². The number of fused-ring (bicyclic) bond motifs is 2. The monoisotopic (exact) mass is 370 g/mol. The molecule has 0 unspecified atom stereocenters. The molecule has 0 radical (unpaired) electrons. The highest BCUT2D eigenvalue weighted by molar-refractivity contribution is 5.77. The van der Waals surface area contributed by atoms with Crippen molar-refractivity contribution < 1.29 is 14.6 Å². The maximum absolute atomic E-state index is 12.3. The van der Waals surface area contributed by atoms with Crippen LogP contribution in [-0.2, 0) is 9.53 Å². The van der Waals surface area contributed by atoms with Crippen molar-refractivity contribution in [3.05, 3.63) is 44.5 Å². The summed E-state index contributed by atoms with van der Waals surface area (Å²) in [6.45, 7) is 8.93. The fourth-order valence-corrected chi connectivity index (χ4v) is 2.93. The Kier molecular flexibility index (Phi) is 5.36. The summed E-state index contributed by atoms with van der Waals surface area (Å²) in [4.78, 5) is 36.3. The van der Waals surface area contributed by atoms with Gasteiger partial charge in [-0.2, -0.15) is 0 Å². The molecule has 8 heteroatoms. The second kappa shape index (κ2) is 7.71. The zero-order valence-electron chi connectivity index (χ0n) is 15.4. The van der Waals surface area contributed by atoms with Crippen molar-refractivity contribution in [2.24, 2.45) is 4.99 Å². The zero-order valence-corrected chi connectivity index (χ0v) is 15.4. The number of aromatic amines is 1. The van der Waals surface area contributed by atoms with Crippen molar-refractivity contribution in [1.82, 2.24) is 9.97 Å². The number of carboxylic acid groups (broad SMARTS) is 1. The second-order valence-corrected chi connectivity index (χ2v) is 6.48. The minimum absolute atomic E-state index is 0.0779. The van der Waals surface area contributed by atoms with Crippen LogP contribution in [0.15, 0.2) is 21.9 Å². The molecule has 1 aliphatic heterocycles. The summed E-state index contributed by atoms with van der Waals surface area (Å²) in [5, 5.41) is 8.93. The topological polar surface area (TPSA) is 108 Å². The van der Waals surface area contributed by atoms with E-state index in [9.17, 15) is 9.59 Å². The normalized spacial score (nSPS) is 12.3. The van der Waals surface area contributed by atoms with Gasteiger partial charge in [0.15, 0.2) is 11.2 Å². The molecule has 0 amide bonds. The third kappa shape index (κ3) is 4.06. The molecule has 0 spiro atoms. The van der Waals surface area contributed by atoms with Gasteiger partial charge in [-0.3, -0.25) is 9.59 Å². The average Bonchev–Trinajstić information content (AvgIpc) is 2.59. The maximum Gasteiger partial charge on any atom is 0.303 e. The zero-order chi connectivity index (χ0) is 19.6. The summed E-state index contributed by atoms with van der Waals surface area (Å²) in [6, 6.07) is 3.97. The summed E-state index contributed by atoms with van der Waals surface area (Å²) in [6.07, 6.45) is 0.533. The first-order valence-corrected chi connectivity index (χ1v) is 8.73. The van der Waals surface area contributed by atoms with Crippen LogP contribution in [0.25, 0.3) is 6.58 Å². The van der Waals surface area contributed by atoms with Crippen molar-refractivity contribution in [2.75, 3.05) is 24.7 Å². The number of anilines is 2. The Morgan fingerprint density at radius 3 is 2.78 bits per heavy atom. The van der Waals surface area contributed by atoms with Crippen LogP contribution in [0.3, 0.4) is 0 Å². The summed E-state index contributed by atoms with van der Waals surface area (Å²) in [7, 11) is 0. The molecule has 3 rings (SSSR count). The highest BCUT2D eigenvalue weighted by Crippen LogP contribution is 2.36. The first kappa shape index (κ1) is 18.8. The predicted molar refractivity (Wildman–Crippen MR) is 101 cm³/mol. The fourth-order valence-electron chi connectivity index (χ4n) is 2.93. The first-order valence-electron chi connectivity index (χ1n) is 8.73. The number of nitrogens with one attached hydrogen (secondary N) is 1. The van der Waals surface area contributed by atoms with Crippen LogP contribution >= 0.6 is 0 Å². The van der Waals surface area contributed by atoms with E-state index >= 15 is 0 Å². The fraction of sp³-hybridized carbons (Fsp3) is 0.368. The molecular formula is C19H22N4O4. The number of hydrogen-bond acceptors (Lipinski definition) is 6. The molecule has 0 saturated heterocycles. The molecule has 0 fully saturated rings. The van der Waals surface area contributed by atoms with Gasteiger partial charge in [-0.25, -0.2) is 9.98 Å². The van der Waals surface area contributed by atoms with Gasteiger partial charge in [0.05, 0.1) is 18.0 Å². The SMILES string of the molecule is C=c1nc2c(c(=O)[nH]1)=Nc1cc(C)c(C)cc1N2CCOCCCC(=O)O. The number of hydrogen-bond donors (Lipinski definition) is 2. The maximum atomic E-state index is 12.3. The second-order valence-electron chi connectivity index (χ2n) is 6.48. The van der Waals surface area contributed by atoms with Crippen molar-refractivity contribution in [3.63, 3.8) is 0 Å². The van der Waals surface area contributed by atoms with Gasteiger partial charge in [0, 0.05) is 19.6 Å². The van der Waals surface area contributed by atoms with Gasteiger partial charge in [0.1, 0.15) is 5.48 Å². The van der Waals surface area contributed by atoms with Gasteiger partial charge in [0.2, 0.25) is 0 Å². The molecule has 2 heterocycles. The number of H-pyrrole nitrogens is 1. The van der Waals surface area contributed by atoms with E-state index in [1.165, 1.54) is 0 Å². The summed E-state index contributed by atoms with van der Waals surface area (Å²) in [5.74, 6) is -0.384. The van der Waals surface area contributed by atoms with Crippen LogP contribution in [0.2, 0.25) is 0 Å². The van der Waals surface area contributed by atoms with E-state index in [1.54, 1.807) is 0 Å². The van der Waals surface area contributed by atoms with Crippen LogP contribution in [0, 0.1) is 13.8 Å². The molecule has 1 aliphatic rings. The lowest BCUT2D eigenvalue weighted by Crippen LogP contribution is -2.43. The Bertz CT molecular complexity index is 1040. The predicted octanol–water partition coefficient (Wildman–Crippen LogP) is 1.08. The number of nitrogens with zero attached hydrogens (tertiary/aromatic N) is 3. The van der Waals surface area contributed by atoms with Gasteiger partial charge in [0.25, 0.3) is 5.56 Å². The summed E-state index contributed by atoms with van der Waals surface area (Å²) in [5.41, 5.74) is 3.70. The molecular weight excluding hydrogens is 348 g/mol. The third-order valence-electron chi connectivity index (χ3n) is 4.43. The van der Waals surface area contributed by atoms with E-state index in [0.717, 1.165) is 16.8 Å². The van der Waals surface area contributed by atoms with Gasteiger partial charge in [-0.05, 0) is 43.5 Å². The number of aryl methyl sites for hydroxylation is 2. The molecule has 1 aromatic heterocycles. The quantitative estimate of drug-likeness (QED) is 0.706.